The quantitative estimate of drug-likeness (QED) is 0.837. The summed E-state index contributed by atoms with van der Waals surface area (Å²) in [4.78, 5) is 0. The Balaban J connectivity index is 1.70. The molecule has 0 spiro atoms. The van der Waals surface area contributed by atoms with Crippen LogP contribution in [-0.4, -0.2) is 12.6 Å². The zero-order valence-corrected chi connectivity index (χ0v) is 10.8. The predicted octanol–water partition coefficient (Wildman–Crippen LogP) is 2.60. The van der Waals surface area contributed by atoms with Crippen LogP contribution in [-0.2, 0) is 6.54 Å². The van der Waals surface area contributed by atoms with Gasteiger partial charge in [0.05, 0.1) is 0 Å². The molecule has 0 aromatic heterocycles. The molecule has 3 N–H and O–H groups in total. The van der Waals surface area contributed by atoms with E-state index in [2.05, 4.69) is 36.5 Å². The SMILES string of the molecule is Cc1ccc(CNCC2CCCC(N)C2)cc1. The van der Waals surface area contributed by atoms with Gasteiger partial charge in [-0.3, -0.25) is 0 Å². The first-order valence-electron chi connectivity index (χ1n) is 6.76. The first-order valence-corrected chi connectivity index (χ1v) is 6.76. The third-order valence-corrected chi connectivity index (χ3v) is 3.71. The molecule has 2 atom stereocenters. The third kappa shape index (κ3) is 4.14. The van der Waals surface area contributed by atoms with Gasteiger partial charge < -0.3 is 11.1 Å². The molecule has 2 heteroatoms. The highest BCUT2D eigenvalue weighted by atomic mass is 14.9. The number of nitrogens with one attached hydrogen (secondary N) is 1. The third-order valence-electron chi connectivity index (χ3n) is 3.71. The second-order valence-electron chi connectivity index (χ2n) is 5.41. The minimum Gasteiger partial charge on any atom is -0.328 e. The van der Waals surface area contributed by atoms with Gasteiger partial charge in [0.1, 0.15) is 0 Å². The molecule has 2 rings (SSSR count). The molecule has 1 aromatic rings. The molecule has 0 heterocycles. The van der Waals surface area contributed by atoms with Gasteiger partial charge in [0.25, 0.3) is 0 Å². The molecular weight excluding hydrogens is 208 g/mol. The van der Waals surface area contributed by atoms with E-state index < -0.39 is 0 Å². The van der Waals surface area contributed by atoms with E-state index in [1.807, 2.05) is 0 Å². The van der Waals surface area contributed by atoms with E-state index in [9.17, 15) is 0 Å². The van der Waals surface area contributed by atoms with E-state index >= 15 is 0 Å². The van der Waals surface area contributed by atoms with Gasteiger partial charge in [-0.1, -0.05) is 36.2 Å². The van der Waals surface area contributed by atoms with Crippen LogP contribution in [0.1, 0.15) is 36.8 Å². The summed E-state index contributed by atoms with van der Waals surface area (Å²) in [6.07, 6.45) is 5.06. The molecule has 1 aromatic carbocycles. The average molecular weight is 232 g/mol. The number of rotatable bonds is 4. The first kappa shape index (κ1) is 12.6. The Morgan fingerprint density at radius 1 is 1.24 bits per heavy atom. The molecule has 0 aliphatic heterocycles. The monoisotopic (exact) mass is 232 g/mol. The maximum Gasteiger partial charge on any atom is 0.0205 e. The molecule has 17 heavy (non-hydrogen) atoms. The molecule has 0 saturated heterocycles. The standard InChI is InChI=1S/C15H24N2/c1-12-5-7-13(8-6-12)10-17-11-14-3-2-4-15(16)9-14/h5-8,14-15,17H,2-4,9-11,16H2,1H3. The van der Waals surface area contributed by atoms with Crippen LogP contribution in [0.5, 0.6) is 0 Å². The van der Waals surface area contributed by atoms with Crippen molar-refractivity contribution in [2.75, 3.05) is 6.54 Å². The number of benzene rings is 1. The number of hydrogen-bond acceptors (Lipinski definition) is 2. The summed E-state index contributed by atoms with van der Waals surface area (Å²) >= 11 is 0. The fourth-order valence-corrected chi connectivity index (χ4v) is 2.64. The molecule has 2 nitrogen and oxygen atoms in total. The van der Waals surface area contributed by atoms with Crippen LogP contribution in [0.15, 0.2) is 24.3 Å². The predicted molar refractivity (Wildman–Crippen MR) is 72.8 cm³/mol. The lowest BCUT2D eigenvalue weighted by molar-refractivity contribution is 0.310. The molecule has 94 valence electrons. The topological polar surface area (TPSA) is 38.0 Å². The fourth-order valence-electron chi connectivity index (χ4n) is 2.64. The Morgan fingerprint density at radius 3 is 2.71 bits per heavy atom. The van der Waals surface area contributed by atoms with Crippen molar-refractivity contribution in [3.8, 4) is 0 Å². The maximum absolute atomic E-state index is 6.00. The zero-order valence-electron chi connectivity index (χ0n) is 10.8. The molecule has 1 aliphatic carbocycles. The van der Waals surface area contributed by atoms with Crippen molar-refractivity contribution >= 4 is 0 Å². The Kier molecular flexibility index (Phi) is 4.57. The van der Waals surface area contributed by atoms with Crippen LogP contribution in [0, 0.1) is 12.8 Å². The Labute approximate surface area is 105 Å². The Hall–Kier alpha value is -0.860. The molecule has 1 aliphatic rings. The number of hydrogen-bond donors (Lipinski definition) is 2. The van der Waals surface area contributed by atoms with Crippen LogP contribution in [0.2, 0.25) is 0 Å². The molecule has 0 radical (unpaired) electrons. The summed E-state index contributed by atoms with van der Waals surface area (Å²) < 4.78 is 0. The van der Waals surface area contributed by atoms with Gasteiger partial charge in [0, 0.05) is 12.6 Å². The van der Waals surface area contributed by atoms with Gasteiger partial charge in [-0.25, -0.2) is 0 Å². The van der Waals surface area contributed by atoms with Crippen molar-refractivity contribution in [1.29, 1.82) is 0 Å². The van der Waals surface area contributed by atoms with Crippen molar-refractivity contribution in [3.63, 3.8) is 0 Å². The van der Waals surface area contributed by atoms with Gasteiger partial charge >= 0.3 is 0 Å². The number of aryl methyl sites for hydroxylation is 1. The maximum atomic E-state index is 6.00. The second-order valence-corrected chi connectivity index (χ2v) is 5.41. The van der Waals surface area contributed by atoms with E-state index in [0.717, 1.165) is 19.0 Å². The lowest BCUT2D eigenvalue weighted by Crippen LogP contribution is -2.33. The van der Waals surface area contributed by atoms with Crippen molar-refractivity contribution in [3.05, 3.63) is 35.4 Å². The van der Waals surface area contributed by atoms with Crippen molar-refractivity contribution < 1.29 is 0 Å². The largest absolute Gasteiger partial charge is 0.328 e. The highest BCUT2D eigenvalue weighted by Crippen LogP contribution is 2.22. The van der Waals surface area contributed by atoms with E-state index in [4.69, 9.17) is 5.73 Å². The van der Waals surface area contributed by atoms with E-state index in [1.54, 1.807) is 0 Å². The fraction of sp³-hybridized carbons (Fsp3) is 0.600. The smallest absolute Gasteiger partial charge is 0.0205 e. The molecule has 2 unspecified atom stereocenters. The van der Waals surface area contributed by atoms with Gasteiger partial charge in [-0.05, 0) is 44.2 Å². The van der Waals surface area contributed by atoms with Gasteiger partial charge in [0.2, 0.25) is 0 Å². The van der Waals surface area contributed by atoms with E-state index in [0.29, 0.717) is 6.04 Å². The van der Waals surface area contributed by atoms with E-state index in [-0.39, 0.29) is 0 Å². The van der Waals surface area contributed by atoms with E-state index in [1.165, 1.54) is 36.8 Å². The average Bonchev–Trinajstić information content (AvgIpc) is 2.32. The van der Waals surface area contributed by atoms with Crippen LogP contribution >= 0.6 is 0 Å². The minimum absolute atomic E-state index is 0.440. The lowest BCUT2D eigenvalue weighted by Gasteiger charge is -2.26. The van der Waals surface area contributed by atoms with Gasteiger partial charge in [0.15, 0.2) is 0 Å². The van der Waals surface area contributed by atoms with Crippen LogP contribution in [0.4, 0.5) is 0 Å². The highest BCUT2D eigenvalue weighted by Gasteiger charge is 2.18. The summed E-state index contributed by atoms with van der Waals surface area (Å²) in [6.45, 7) is 4.22. The molecule has 1 saturated carbocycles. The van der Waals surface area contributed by atoms with Crippen molar-refractivity contribution in [2.45, 2.75) is 45.2 Å². The summed E-state index contributed by atoms with van der Waals surface area (Å²) in [5.41, 5.74) is 8.69. The first-order chi connectivity index (χ1) is 8.24. The summed E-state index contributed by atoms with van der Waals surface area (Å²) in [7, 11) is 0. The Morgan fingerprint density at radius 2 is 2.00 bits per heavy atom. The lowest BCUT2D eigenvalue weighted by atomic mass is 9.86. The Bertz CT molecular complexity index is 331. The van der Waals surface area contributed by atoms with Crippen LogP contribution < -0.4 is 11.1 Å². The summed E-state index contributed by atoms with van der Waals surface area (Å²) in [5.74, 6) is 0.782. The van der Waals surface area contributed by atoms with Crippen molar-refractivity contribution in [2.24, 2.45) is 11.7 Å². The molecule has 1 fully saturated rings. The van der Waals surface area contributed by atoms with Crippen LogP contribution in [0.3, 0.4) is 0 Å². The summed E-state index contributed by atoms with van der Waals surface area (Å²) in [6, 6.07) is 9.19. The normalized spacial score (nSPS) is 24.8. The molecule has 0 bridgehead atoms. The van der Waals surface area contributed by atoms with Gasteiger partial charge in [-0.15, -0.1) is 0 Å². The van der Waals surface area contributed by atoms with Gasteiger partial charge in [-0.2, -0.15) is 0 Å². The zero-order chi connectivity index (χ0) is 12.1. The summed E-state index contributed by atoms with van der Waals surface area (Å²) in [5, 5.41) is 3.56. The van der Waals surface area contributed by atoms with Crippen LogP contribution in [0.25, 0.3) is 0 Å². The highest BCUT2D eigenvalue weighted by molar-refractivity contribution is 5.21. The number of nitrogens with two attached hydrogens (primary N) is 1. The van der Waals surface area contributed by atoms with Crippen molar-refractivity contribution in [1.82, 2.24) is 5.32 Å². The molecular formula is C15H24N2. The molecule has 0 amide bonds. The second kappa shape index (κ2) is 6.18. The minimum atomic E-state index is 0.440.